The molecular weight excluding hydrogens is 348 g/mol. The number of ether oxygens (including phenoxy) is 1. The molecule has 0 radical (unpaired) electrons. The number of hydrogen-bond donors (Lipinski definition) is 1. The van der Waals surface area contributed by atoms with E-state index < -0.39 is 26.6 Å². The molecule has 1 aromatic carbocycles. The zero-order valence-corrected chi connectivity index (χ0v) is 14.8. The van der Waals surface area contributed by atoms with Gasteiger partial charge in [-0.1, -0.05) is 30.3 Å². The molecule has 0 saturated heterocycles. The lowest BCUT2D eigenvalue weighted by atomic mass is 10.1. The van der Waals surface area contributed by atoms with Gasteiger partial charge in [-0.3, -0.25) is 0 Å². The van der Waals surface area contributed by atoms with E-state index in [0.717, 1.165) is 5.56 Å². The molecule has 0 spiro atoms. The van der Waals surface area contributed by atoms with Crippen LogP contribution in [0.1, 0.15) is 31.2 Å². The van der Waals surface area contributed by atoms with E-state index in [1.54, 1.807) is 0 Å². The Morgan fingerprint density at radius 1 is 1.16 bits per heavy atom. The van der Waals surface area contributed by atoms with Gasteiger partial charge in [-0.25, -0.2) is 21.9 Å². The van der Waals surface area contributed by atoms with Gasteiger partial charge in [-0.05, 0) is 36.7 Å². The number of halogens is 2. The van der Waals surface area contributed by atoms with E-state index in [9.17, 15) is 17.2 Å². The fraction of sp³-hybridized carbons (Fsp3) is 0.667. The van der Waals surface area contributed by atoms with Crippen molar-refractivity contribution in [2.45, 2.75) is 43.0 Å². The van der Waals surface area contributed by atoms with Crippen molar-refractivity contribution in [3.05, 3.63) is 35.9 Å². The highest BCUT2D eigenvalue weighted by atomic mass is 32.2. The van der Waals surface area contributed by atoms with Crippen LogP contribution in [-0.4, -0.2) is 32.2 Å². The summed E-state index contributed by atoms with van der Waals surface area (Å²) in [4.78, 5) is 0. The van der Waals surface area contributed by atoms with Gasteiger partial charge in [0.25, 0.3) is 5.92 Å². The topological polar surface area (TPSA) is 55.4 Å². The summed E-state index contributed by atoms with van der Waals surface area (Å²) >= 11 is 0. The third kappa shape index (κ3) is 3.22. The van der Waals surface area contributed by atoms with Crippen molar-refractivity contribution in [3.8, 4) is 0 Å². The van der Waals surface area contributed by atoms with Crippen molar-refractivity contribution in [2.75, 3.05) is 13.2 Å². The van der Waals surface area contributed by atoms with E-state index in [4.69, 9.17) is 4.74 Å². The summed E-state index contributed by atoms with van der Waals surface area (Å²) in [5, 5.41) is 0. The average molecular weight is 371 g/mol. The minimum absolute atomic E-state index is 0.0119. The van der Waals surface area contributed by atoms with Crippen LogP contribution in [0.3, 0.4) is 0 Å². The molecule has 4 rings (SSSR count). The molecule has 3 unspecified atom stereocenters. The van der Waals surface area contributed by atoms with Crippen LogP contribution in [0.25, 0.3) is 0 Å². The largest absolute Gasteiger partial charge is 0.375 e. The van der Waals surface area contributed by atoms with Crippen LogP contribution in [0.5, 0.6) is 0 Å². The van der Waals surface area contributed by atoms with Crippen LogP contribution < -0.4 is 4.72 Å². The summed E-state index contributed by atoms with van der Waals surface area (Å²) in [5.41, 5.74) is 0.997. The van der Waals surface area contributed by atoms with Gasteiger partial charge in [-0.2, -0.15) is 0 Å². The first kappa shape index (κ1) is 17.4. The van der Waals surface area contributed by atoms with Crippen LogP contribution in [0.2, 0.25) is 0 Å². The van der Waals surface area contributed by atoms with Gasteiger partial charge in [0.1, 0.15) is 4.75 Å². The van der Waals surface area contributed by atoms with Gasteiger partial charge in [-0.15, -0.1) is 0 Å². The van der Waals surface area contributed by atoms with Crippen LogP contribution in [0.4, 0.5) is 8.78 Å². The molecule has 3 aliphatic carbocycles. The number of nitrogens with one attached hydrogen (secondary N) is 1. The molecule has 1 N–H and O–H groups in total. The quantitative estimate of drug-likeness (QED) is 0.764. The van der Waals surface area contributed by atoms with Crippen molar-refractivity contribution < 1.29 is 21.9 Å². The first-order valence-corrected chi connectivity index (χ1v) is 10.3. The number of fused-ring (bicyclic) bond motifs is 1. The highest BCUT2D eigenvalue weighted by Crippen LogP contribution is 2.64. The second-order valence-corrected chi connectivity index (χ2v) is 9.83. The highest BCUT2D eigenvalue weighted by molar-refractivity contribution is 7.91. The zero-order chi connectivity index (χ0) is 17.7. The molecule has 4 nitrogen and oxygen atoms in total. The molecule has 0 amide bonds. The Hall–Kier alpha value is -1.05. The van der Waals surface area contributed by atoms with E-state index in [2.05, 4.69) is 4.72 Å². The maximum Gasteiger partial charge on any atom is 0.251 e. The summed E-state index contributed by atoms with van der Waals surface area (Å²) in [6.07, 6.45) is 1.58. The lowest BCUT2D eigenvalue weighted by molar-refractivity contribution is -0.0208. The van der Waals surface area contributed by atoms with Crippen molar-refractivity contribution in [1.82, 2.24) is 4.72 Å². The number of alkyl halides is 2. The van der Waals surface area contributed by atoms with E-state index in [1.165, 1.54) is 0 Å². The minimum atomic E-state index is -3.55. The average Bonchev–Trinajstić information content (AvgIpc) is 3.46. The first-order valence-electron chi connectivity index (χ1n) is 8.83. The van der Waals surface area contributed by atoms with Crippen LogP contribution in [0, 0.1) is 17.8 Å². The molecule has 3 fully saturated rings. The molecule has 3 aliphatic rings. The molecule has 25 heavy (non-hydrogen) atoms. The van der Waals surface area contributed by atoms with Gasteiger partial charge in [0.15, 0.2) is 0 Å². The molecule has 3 atom stereocenters. The van der Waals surface area contributed by atoms with Gasteiger partial charge >= 0.3 is 0 Å². The molecule has 0 bridgehead atoms. The zero-order valence-electron chi connectivity index (χ0n) is 14.0. The van der Waals surface area contributed by atoms with Gasteiger partial charge in [0.2, 0.25) is 10.0 Å². The molecule has 0 aliphatic heterocycles. The second kappa shape index (κ2) is 5.99. The van der Waals surface area contributed by atoms with Crippen LogP contribution in [0.15, 0.2) is 30.3 Å². The van der Waals surface area contributed by atoms with E-state index in [0.29, 0.717) is 25.9 Å². The number of benzene rings is 1. The number of sulfonamides is 1. The SMILES string of the molecule is O=S(=O)(NCC1C2CCC(F)(F)C21)C1(COCc2ccccc2)CC1. The Morgan fingerprint density at radius 2 is 1.88 bits per heavy atom. The maximum absolute atomic E-state index is 13.6. The smallest absolute Gasteiger partial charge is 0.251 e. The Labute approximate surface area is 147 Å². The molecule has 0 aromatic heterocycles. The summed E-state index contributed by atoms with van der Waals surface area (Å²) in [6.45, 7) is 0.649. The third-order valence-corrected chi connectivity index (χ3v) is 8.21. The summed E-state index contributed by atoms with van der Waals surface area (Å²) in [7, 11) is -3.55. The molecule has 3 saturated carbocycles. The fourth-order valence-corrected chi connectivity index (χ4v) is 5.78. The van der Waals surface area contributed by atoms with Crippen molar-refractivity contribution in [2.24, 2.45) is 17.8 Å². The van der Waals surface area contributed by atoms with Gasteiger partial charge in [0, 0.05) is 18.9 Å². The number of rotatable bonds is 8. The summed E-state index contributed by atoms with van der Waals surface area (Å²) < 4.78 is 59.8. The van der Waals surface area contributed by atoms with Gasteiger partial charge < -0.3 is 4.74 Å². The summed E-state index contributed by atoms with van der Waals surface area (Å²) in [5.74, 6) is -3.46. The van der Waals surface area contributed by atoms with Crippen LogP contribution in [-0.2, 0) is 21.4 Å². The first-order chi connectivity index (χ1) is 11.8. The lowest BCUT2D eigenvalue weighted by Crippen LogP contribution is -2.40. The predicted molar refractivity (Wildman–Crippen MR) is 89.6 cm³/mol. The Kier molecular flexibility index (Phi) is 4.16. The van der Waals surface area contributed by atoms with Gasteiger partial charge in [0.05, 0.1) is 13.2 Å². The van der Waals surface area contributed by atoms with Crippen molar-refractivity contribution in [3.63, 3.8) is 0 Å². The maximum atomic E-state index is 13.6. The fourth-order valence-electron chi connectivity index (χ4n) is 4.19. The molecule has 0 heterocycles. The van der Waals surface area contributed by atoms with Crippen molar-refractivity contribution in [1.29, 1.82) is 0 Å². The Morgan fingerprint density at radius 3 is 2.48 bits per heavy atom. The van der Waals surface area contributed by atoms with E-state index in [1.807, 2.05) is 30.3 Å². The predicted octanol–water partition coefficient (Wildman–Crippen LogP) is 2.95. The molecule has 7 heteroatoms. The normalized spacial score (nSPS) is 31.5. The van der Waals surface area contributed by atoms with E-state index in [-0.39, 0.29) is 31.4 Å². The third-order valence-electron chi connectivity index (χ3n) is 5.99. The second-order valence-electron chi connectivity index (χ2n) is 7.67. The van der Waals surface area contributed by atoms with Crippen LogP contribution >= 0.6 is 0 Å². The Bertz CT molecular complexity index is 734. The number of hydrogen-bond acceptors (Lipinski definition) is 3. The van der Waals surface area contributed by atoms with E-state index >= 15 is 0 Å². The standard InChI is InChI=1S/C18H23F2NO3S/c19-18(20)7-6-14-15(16(14)18)10-21-25(22,23)17(8-9-17)12-24-11-13-4-2-1-3-5-13/h1-5,14-16,21H,6-12H2. The highest BCUT2D eigenvalue weighted by Gasteiger charge is 2.67. The minimum Gasteiger partial charge on any atom is -0.375 e. The molecule has 138 valence electrons. The summed E-state index contributed by atoms with van der Waals surface area (Å²) in [6, 6.07) is 9.59. The lowest BCUT2D eigenvalue weighted by Gasteiger charge is -2.18. The molecule has 1 aromatic rings. The molecular formula is C18H23F2NO3S. The van der Waals surface area contributed by atoms with Crippen molar-refractivity contribution >= 4 is 10.0 Å². The monoisotopic (exact) mass is 371 g/mol. The Balaban J connectivity index is 1.28.